The molecule has 0 amide bonds. The van der Waals surface area contributed by atoms with Gasteiger partial charge < -0.3 is 19.3 Å². The molecule has 212 valence electrons. The van der Waals surface area contributed by atoms with Crippen LogP contribution in [0.15, 0.2) is 77.7 Å². The number of carboxylic acids is 1. The number of rotatable bonds is 11. The number of aryl methyl sites for hydroxylation is 1. The number of hydrogen-bond donors (Lipinski definition) is 1. The van der Waals surface area contributed by atoms with Crippen molar-refractivity contribution in [3.63, 3.8) is 0 Å². The zero-order valence-electron chi connectivity index (χ0n) is 23.3. The first-order valence-electron chi connectivity index (χ1n) is 14.0. The van der Waals surface area contributed by atoms with E-state index < -0.39 is 5.97 Å². The van der Waals surface area contributed by atoms with E-state index in [9.17, 15) is 4.79 Å². The molecule has 0 atom stereocenters. The van der Waals surface area contributed by atoms with Crippen molar-refractivity contribution in [3.8, 4) is 23.3 Å². The lowest BCUT2D eigenvalue weighted by atomic mass is 9.97. The van der Waals surface area contributed by atoms with Gasteiger partial charge in [0.25, 0.3) is 0 Å². The Morgan fingerprint density at radius 2 is 1.73 bits per heavy atom. The molecule has 1 N–H and O–H groups in total. The molecule has 0 bridgehead atoms. The molecule has 0 aromatic heterocycles. The normalized spacial score (nSPS) is 15.6. The van der Waals surface area contributed by atoms with E-state index in [1.807, 2.05) is 24.8 Å². The highest BCUT2D eigenvalue weighted by atomic mass is 32.2. The molecule has 0 unspecified atom stereocenters. The molecule has 0 spiro atoms. The van der Waals surface area contributed by atoms with Gasteiger partial charge in [0.05, 0.1) is 19.8 Å². The van der Waals surface area contributed by atoms with Gasteiger partial charge in [-0.1, -0.05) is 36.1 Å². The second kappa shape index (κ2) is 14.3. The second-order valence-corrected chi connectivity index (χ2v) is 11.5. The fourth-order valence-electron chi connectivity index (χ4n) is 4.47. The Labute approximate surface area is 246 Å². The largest absolute Gasteiger partial charge is 0.489 e. The zero-order valence-corrected chi connectivity index (χ0v) is 24.1. The van der Waals surface area contributed by atoms with Crippen LogP contribution >= 0.6 is 11.8 Å². The highest BCUT2D eigenvalue weighted by Gasteiger charge is 2.22. The van der Waals surface area contributed by atoms with Gasteiger partial charge in [0.1, 0.15) is 18.1 Å². The van der Waals surface area contributed by atoms with Gasteiger partial charge in [0, 0.05) is 28.8 Å². The molecule has 2 aliphatic rings. The predicted molar refractivity (Wildman–Crippen MR) is 163 cm³/mol. The van der Waals surface area contributed by atoms with Crippen molar-refractivity contribution in [2.45, 2.75) is 29.9 Å². The van der Waals surface area contributed by atoms with E-state index in [-0.39, 0.29) is 6.61 Å². The molecule has 2 fully saturated rings. The highest BCUT2D eigenvalue weighted by Crippen LogP contribution is 2.39. The third-order valence-electron chi connectivity index (χ3n) is 6.86. The summed E-state index contributed by atoms with van der Waals surface area (Å²) in [6.07, 6.45) is 4.72. The van der Waals surface area contributed by atoms with Crippen LogP contribution in [0.2, 0.25) is 0 Å². The summed E-state index contributed by atoms with van der Waals surface area (Å²) in [7, 11) is 0. The molecular weight excluding hydrogens is 534 g/mol. The van der Waals surface area contributed by atoms with Crippen LogP contribution in [0.3, 0.4) is 0 Å². The molecule has 41 heavy (non-hydrogen) atoms. The van der Waals surface area contributed by atoms with Gasteiger partial charge in [0.15, 0.2) is 6.61 Å². The Morgan fingerprint density at radius 1 is 1.02 bits per heavy atom. The minimum atomic E-state index is -1.00. The van der Waals surface area contributed by atoms with E-state index in [0.717, 1.165) is 65.9 Å². The van der Waals surface area contributed by atoms with Gasteiger partial charge in [-0.25, -0.2) is 4.79 Å². The fraction of sp³-hybridized carbons (Fsp3) is 0.324. The van der Waals surface area contributed by atoms with E-state index in [0.29, 0.717) is 18.1 Å². The molecule has 6 nitrogen and oxygen atoms in total. The summed E-state index contributed by atoms with van der Waals surface area (Å²) in [6, 6.07) is 22.6. The van der Waals surface area contributed by atoms with Crippen molar-refractivity contribution >= 4 is 23.3 Å². The Kier molecular flexibility index (Phi) is 10.0. The van der Waals surface area contributed by atoms with E-state index >= 15 is 0 Å². The lowest BCUT2D eigenvalue weighted by Crippen LogP contribution is -2.36. The number of morpholine rings is 1. The minimum absolute atomic E-state index is 0.372. The van der Waals surface area contributed by atoms with Crippen molar-refractivity contribution in [1.29, 1.82) is 0 Å². The molecule has 1 saturated heterocycles. The van der Waals surface area contributed by atoms with Crippen molar-refractivity contribution in [2.75, 3.05) is 46.1 Å². The highest BCUT2D eigenvalue weighted by molar-refractivity contribution is 8.00. The first-order valence-corrected chi connectivity index (χ1v) is 14.9. The number of carbonyl (C=O) groups is 1. The van der Waals surface area contributed by atoms with Crippen molar-refractivity contribution < 1.29 is 24.1 Å². The Balaban J connectivity index is 1.29. The number of aliphatic carboxylic acids is 1. The molecule has 3 aromatic rings. The third-order valence-corrected chi connectivity index (χ3v) is 8.21. The molecule has 7 heteroatoms. The van der Waals surface area contributed by atoms with Crippen LogP contribution in [0.25, 0.3) is 5.57 Å². The van der Waals surface area contributed by atoms with Crippen LogP contribution in [0.4, 0.5) is 0 Å². The molecular formula is C34H35NO5S. The standard InChI is InChI=1S/C34H35NO5S/c1-25-23-29(10-15-33(25)40-24-34(36)37)39-20-16-32(28-8-11-30(12-9-28)41-31-13-14-31)27-6-4-26(5-7-27)3-2-17-35-18-21-38-22-19-35/h4-12,15-16,23,31H,13-14,17-22,24H2,1H3,(H,36,37)/b32-16-. The minimum Gasteiger partial charge on any atom is -0.489 e. The number of nitrogens with zero attached hydrogens (tertiary/aromatic N) is 1. The van der Waals surface area contributed by atoms with E-state index in [2.05, 4.69) is 71.3 Å². The van der Waals surface area contributed by atoms with E-state index in [1.54, 1.807) is 12.1 Å². The van der Waals surface area contributed by atoms with E-state index in [1.165, 1.54) is 17.7 Å². The first kappa shape index (κ1) is 28.8. The Hall–Kier alpha value is -3.70. The summed E-state index contributed by atoms with van der Waals surface area (Å²) in [5.41, 5.74) is 5.15. The maximum atomic E-state index is 10.8. The van der Waals surface area contributed by atoms with Crippen LogP contribution < -0.4 is 9.47 Å². The number of carboxylic acid groups (broad SMARTS) is 1. The average molecular weight is 570 g/mol. The molecule has 3 aromatic carbocycles. The maximum absolute atomic E-state index is 10.8. The summed E-state index contributed by atoms with van der Waals surface area (Å²) in [5.74, 6) is 6.82. The number of thioether (sulfide) groups is 1. The smallest absolute Gasteiger partial charge is 0.341 e. The predicted octanol–water partition coefficient (Wildman–Crippen LogP) is 5.91. The molecule has 1 saturated carbocycles. The lowest BCUT2D eigenvalue weighted by Gasteiger charge is -2.24. The van der Waals surface area contributed by atoms with Crippen molar-refractivity contribution in [3.05, 3.63) is 95.1 Å². The van der Waals surface area contributed by atoms with Gasteiger partial charge in [0.2, 0.25) is 0 Å². The summed E-state index contributed by atoms with van der Waals surface area (Å²) < 4.78 is 16.8. The second-order valence-electron chi connectivity index (χ2n) is 10.1. The van der Waals surface area contributed by atoms with Crippen LogP contribution in [-0.2, 0) is 9.53 Å². The Bertz CT molecular complexity index is 1410. The number of hydrogen-bond acceptors (Lipinski definition) is 6. The fourth-order valence-corrected chi connectivity index (χ4v) is 5.52. The third kappa shape index (κ3) is 8.89. The van der Waals surface area contributed by atoms with Crippen LogP contribution in [-0.4, -0.2) is 67.3 Å². The SMILES string of the molecule is Cc1cc(OC/C=C(/c2ccc(C#CCN3CCOCC3)cc2)c2ccc(SC3CC3)cc2)ccc1OCC(=O)O. The summed E-state index contributed by atoms with van der Waals surface area (Å²) in [6.45, 7) is 6.06. The topological polar surface area (TPSA) is 68.2 Å². The summed E-state index contributed by atoms with van der Waals surface area (Å²) in [5, 5.41) is 9.63. The monoisotopic (exact) mass is 569 g/mol. The van der Waals surface area contributed by atoms with E-state index in [4.69, 9.17) is 19.3 Å². The molecule has 1 heterocycles. The molecule has 1 aliphatic carbocycles. The Morgan fingerprint density at radius 3 is 2.39 bits per heavy atom. The van der Waals surface area contributed by atoms with Crippen LogP contribution in [0.1, 0.15) is 35.1 Å². The molecule has 5 rings (SSSR count). The molecule has 1 aliphatic heterocycles. The lowest BCUT2D eigenvalue weighted by molar-refractivity contribution is -0.139. The quantitative estimate of drug-likeness (QED) is 0.288. The van der Waals surface area contributed by atoms with Gasteiger partial charge in [-0.3, -0.25) is 4.90 Å². The summed E-state index contributed by atoms with van der Waals surface area (Å²) >= 11 is 1.96. The number of benzene rings is 3. The first-order chi connectivity index (χ1) is 20.0. The van der Waals surface area contributed by atoms with Gasteiger partial charge in [-0.05, 0) is 90.6 Å². The zero-order chi connectivity index (χ0) is 28.4. The average Bonchev–Trinajstić information content (AvgIpc) is 3.80. The van der Waals surface area contributed by atoms with Crippen LogP contribution in [0.5, 0.6) is 11.5 Å². The van der Waals surface area contributed by atoms with Crippen molar-refractivity contribution in [2.24, 2.45) is 0 Å². The molecule has 0 radical (unpaired) electrons. The number of ether oxygens (including phenoxy) is 3. The van der Waals surface area contributed by atoms with Gasteiger partial charge in [-0.2, -0.15) is 0 Å². The van der Waals surface area contributed by atoms with Crippen molar-refractivity contribution in [1.82, 2.24) is 4.90 Å². The van der Waals surface area contributed by atoms with Gasteiger partial charge >= 0.3 is 5.97 Å². The van der Waals surface area contributed by atoms with Gasteiger partial charge in [-0.15, -0.1) is 11.8 Å². The van der Waals surface area contributed by atoms with Crippen LogP contribution in [0, 0.1) is 18.8 Å². The maximum Gasteiger partial charge on any atom is 0.341 e. The summed E-state index contributed by atoms with van der Waals surface area (Å²) in [4.78, 5) is 14.4.